The number of aliphatic hydroxyl groups is 1. The highest BCUT2D eigenvalue weighted by Crippen LogP contribution is 2.47. The maximum Gasteiger partial charge on any atom is 0.413 e. The molecule has 0 radical (unpaired) electrons. The highest BCUT2D eigenvalue weighted by atomic mass is 32.1. The van der Waals surface area contributed by atoms with Crippen molar-refractivity contribution >= 4 is 17.4 Å². The van der Waals surface area contributed by atoms with Crippen LogP contribution >= 0.6 is 11.3 Å². The first kappa shape index (κ1) is 15.9. The van der Waals surface area contributed by atoms with Crippen LogP contribution < -0.4 is 0 Å². The van der Waals surface area contributed by atoms with E-state index in [-0.39, 0.29) is 0 Å². The Labute approximate surface area is 149 Å². The molecule has 1 fully saturated rings. The number of nitrogens with zero attached hydrogens (tertiary/aromatic N) is 1. The molecular weight excluding hydrogens is 334 g/mol. The fourth-order valence-corrected chi connectivity index (χ4v) is 3.88. The second-order valence-corrected chi connectivity index (χ2v) is 6.96. The summed E-state index contributed by atoms with van der Waals surface area (Å²) in [7, 11) is 0. The van der Waals surface area contributed by atoms with Gasteiger partial charge in [-0.05, 0) is 17.0 Å². The van der Waals surface area contributed by atoms with Gasteiger partial charge in [0.25, 0.3) is 0 Å². The van der Waals surface area contributed by atoms with E-state index in [4.69, 9.17) is 4.74 Å². The molecule has 5 heteroatoms. The molecule has 0 bridgehead atoms. The molecule has 25 heavy (non-hydrogen) atoms. The minimum absolute atomic E-state index is 0.297. The van der Waals surface area contributed by atoms with Crippen molar-refractivity contribution in [2.75, 3.05) is 0 Å². The fraction of sp³-hybridized carbons (Fsp3) is 0.150. The van der Waals surface area contributed by atoms with Crippen LogP contribution in [0.2, 0.25) is 0 Å². The zero-order valence-corrected chi connectivity index (χ0v) is 14.2. The van der Waals surface area contributed by atoms with E-state index in [0.717, 1.165) is 10.4 Å². The van der Waals surface area contributed by atoms with E-state index >= 15 is 0 Å². The molecular formula is C20H17NO3S. The van der Waals surface area contributed by atoms with Crippen LogP contribution in [0.5, 0.6) is 0 Å². The number of thiophene rings is 1. The van der Waals surface area contributed by atoms with Gasteiger partial charge in [-0.15, -0.1) is 11.3 Å². The summed E-state index contributed by atoms with van der Waals surface area (Å²) in [6.07, 6.45) is -1.31. The standard InChI is InChI=1S/C20H17NO3S/c22-19-21(14-17-12-7-13-25-17)20(23,16-10-5-2-6-11-16)18(24-19)15-8-3-1-4-9-15/h1-13,18,23H,14H2/t18-,20-/m1/s1. The third-order valence-corrected chi connectivity index (χ3v) is 5.27. The summed E-state index contributed by atoms with van der Waals surface area (Å²) in [4.78, 5) is 15.0. The Bertz CT molecular complexity index is 851. The quantitative estimate of drug-likeness (QED) is 0.763. The van der Waals surface area contributed by atoms with Crippen LogP contribution in [-0.4, -0.2) is 16.1 Å². The lowest BCUT2D eigenvalue weighted by atomic mass is 9.91. The predicted octanol–water partition coefficient (Wildman–Crippen LogP) is 4.29. The number of carbonyl (C=O) groups excluding carboxylic acids is 1. The molecule has 0 saturated carbocycles. The van der Waals surface area contributed by atoms with Crippen LogP contribution in [0.3, 0.4) is 0 Å². The van der Waals surface area contributed by atoms with Gasteiger partial charge in [0.2, 0.25) is 5.72 Å². The van der Waals surface area contributed by atoms with Crippen molar-refractivity contribution in [3.05, 3.63) is 94.2 Å². The Balaban J connectivity index is 1.81. The molecule has 4 nitrogen and oxygen atoms in total. The third-order valence-electron chi connectivity index (χ3n) is 4.41. The van der Waals surface area contributed by atoms with Gasteiger partial charge in [-0.2, -0.15) is 0 Å². The number of carbonyl (C=O) groups is 1. The number of hydrogen-bond acceptors (Lipinski definition) is 4. The van der Waals surface area contributed by atoms with E-state index in [1.54, 1.807) is 11.3 Å². The van der Waals surface area contributed by atoms with Gasteiger partial charge in [0, 0.05) is 10.4 Å². The van der Waals surface area contributed by atoms with Gasteiger partial charge in [0.05, 0.1) is 6.54 Å². The Hall–Kier alpha value is -2.63. The molecule has 4 rings (SSSR count). The molecule has 3 aromatic rings. The maximum absolute atomic E-state index is 12.6. The van der Waals surface area contributed by atoms with E-state index < -0.39 is 17.9 Å². The molecule has 2 heterocycles. The molecule has 1 aliphatic heterocycles. The maximum atomic E-state index is 12.6. The van der Waals surface area contributed by atoms with Gasteiger partial charge in [-0.3, -0.25) is 4.90 Å². The summed E-state index contributed by atoms with van der Waals surface area (Å²) in [5, 5.41) is 13.6. The summed E-state index contributed by atoms with van der Waals surface area (Å²) in [6.45, 7) is 0.297. The SMILES string of the molecule is O=C1O[C@H](c2ccccc2)[C@](O)(c2ccccc2)N1Cc1cccs1. The van der Waals surface area contributed by atoms with E-state index in [1.165, 1.54) is 4.90 Å². The smallest absolute Gasteiger partial charge is 0.413 e. The van der Waals surface area contributed by atoms with Crippen LogP contribution in [0.15, 0.2) is 78.2 Å². The zero-order chi connectivity index (χ0) is 17.3. The highest BCUT2D eigenvalue weighted by Gasteiger charge is 2.56. The van der Waals surface area contributed by atoms with Crippen LogP contribution in [0, 0.1) is 0 Å². The zero-order valence-electron chi connectivity index (χ0n) is 13.4. The number of hydrogen-bond donors (Lipinski definition) is 1. The molecule has 1 aliphatic rings. The summed E-state index contributed by atoms with van der Waals surface area (Å²) in [6, 6.07) is 22.4. The van der Waals surface area contributed by atoms with Crippen molar-refractivity contribution in [1.82, 2.24) is 4.90 Å². The molecule has 1 saturated heterocycles. The molecule has 2 atom stereocenters. The average molecular weight is 351 g/mol. The van der Waals surface area contributed by atoms with Gasteiger partial charge in [0.15, 0.2) is 6.10 Å². The van der Waals surface area contributed by atoms with Crippen LogP contribution in [0.25, 0.3) is 0 Å². The van der Waals surface area contributed by atoms with Gasteiger partial charge in [0.1, 0.15) is 0 Å². The van der Waals surface area contributed by atoms with Crippen molar-refractivity contribution in [2.24, 2.45) is 0 Å². The molecule has 2 aromatic carbocycles. The van der Waals surface area contributed by atoms with Crippen LogP contribution in [0.4, 0.5) is 4.79 Å². The van der Waals surface area contributed by atoms with Gasteiger partial charge < -0.3 is 9.84 Å². The van der Waals surface area contributed by atoms with E-state index in [0.29, 0.717) is 12.1 Å². The molecule has 0 spiro atoms. The Kier molecular flexibility index (Phi) is 4.03. The second kappa shape index (κ2) is 6.35. The first-order valence-corrected chi connectivity index (χ1v) is 8.91. The van der Waals surface area contributed by atoms with Crippen molar-refractivity contribution in [3.8, 4) is 0 Å². The van der Waals surface area contributed by atoms with E-state index in [9.17, 15) is 9.90 Å². The van der Waals surface area contributed by atoms with E-state index in [1.807, 2.05) is 78.2 Å². The Morgan fingerprint density at radius 3 is 2.32 bits per heavy atom. The third kappa shape index (κ3) is 2.71. The Morgan fingerprint density at radius 2 is 1.68 bits per heavy atom. The molecule has 1 N–H and O–H groups in total. The first-order valence-electron chi connectivity index (χ1n) is 8.03. The number of cyclic esters (lactones) is 1. The molecule has 0 aliphatic carbocycles. The number of benzene rings is 2. The van der Waals surface area contributed by atoms with Crippen molar-refractivity contribution in [1.29, 1.82) is 0 Å². The molecule has 126 valence electrons. The lowest BCUT2D eigenvalue weighted by Gasteiger charge is -2.34. The number of ether oxygens (including phenoxy) is 1. The van der Waals surface area contributed by atoms with Crippen molar-refractivity contribution in [3.63, 3.8) is 0 Å². The largest absolute Gasteiger partial charge is 0.436 e. The van der Waals surface area contributed by atoms with Crippen LogP contribution in [-0.2, 0) is 17.0 Å². The van der Waals surface area contributed by atoms with Crippen molar-refractivity contribution < 1.29 is 14.6 Å². The monoisotopic (exact) mass is 351 g/mol. The van der Waals surface area contributed by atoms with Gasteiger partial charge in [-0.1, -0.05) is 66.7 Å². The summed E-state index contributed by atoms with van der Waals surface area (Å²) in [5.74, 6) is 0. The summed E-state index contributed by atoms with van der Waals surface area (Å²) in [5.41, 5.74) is -0.175. The minimum Gasteiger partial charge on any atom is -0.436 e. The second-order valence-electron chi connectivity index (χ2n) is 5.93. The summed E-state index contributed by atoms with van der Waals surface area (Å²) < 4.78 is 5.62. The number of rotatable bonds is 4. The minimum atomic E-state index is -1.57. The molecule has 1 aromatic heterocycles. The average Bonchev–Trinajstić information content (AvgIpc) is 3.26. The Morgan fingerprint density at radius 1 is 1.00 bits per heavy atom. The summed E-state index contributed by atoms with van der Waals surface area (Å²) >= 11 is 1.54. The topological polar surface area (TPSA) is 49.8 Å². The van der Waals surface area contributed by atoms with Gasteiger partial charge in [-0.25, -0.2) is 4.79 Å². The molecule has 1 amide bonds. The number of amides is 1. The van der Waals surface area contributed by atoms with Crippen LogP contribution in [0.1, 0.15) is 22.1 Å². The molecule has 0 unspecified atom stereocenters. The highest BCUT2D eigenvalue weighted by molar-refractivity contribution is 7.09. The van der Waals surface area contributed by atoms with E-state index in [2.05, 4.69) is 0 Å². The lowest BCUT2D eigenvalue weighted by Crippen LogP contribution is -2.45. The fourth-order valence-electron chi connectivity index (χ4n) is 3.19. The lowest BCUT2D eigenvalue weighted by molar-refractivity contribution is -0.112. The predicted molar refractivity (Wildman–Crippen MR) is 95.9 cm³/mol. The first-order chi connectivity index (χ1) is 12.2. The van der Waals surface area contributed by atoms with Crippen molar-refractivity contribution in [2.45, 2.75) is 18.4 Å². The normalized spacial score (nSPS) is 22.8. The van der Waals surface area contributed by atoms with Gasteiger partial charge >= 0.3 is 6.09 Å².